The Morgan fingerprint density at radius 3 is 1.74 bits per heavy atom. The normalized spacial score (nSPS) is 11.6. The van der Waals surface area contributed by atoms with Gasteiger partial charge in [-0.2, -0.15) is 0 Å². The van der Waals surface area contributed by atoms with E-state index in [1.807, 2.05) is 53.8 Å². The second-order valence-corrected chi connectivity index (χ2v) is 13.5. The van der Waals surface area contributed by atoms with Crippen LogP contribution in [0.15, 0.2) is 168 Å². The summed E-state index contributed by atoms with van der Waals surface area (Å²) in [5.74, 6) is 1.80. The highest BCUT2D eigenvalue weighted by Gasteiger charge is 2.19. The number of rotatable bonds is 5. The molecule has 10 rings (SSSR count). The maximum absolute atomic E-state index is 6.63. The lowest BCUT2D eigenvalue weighted by Crippen LogP contribution is -2.00. The minimum absolute atomic E-state index is 0.570. The molecule has 0 radical (unpaired) electrons. The molecule has 0 atom stereocenters. The van der Waals surface area contributed by atoms with Crippen LogP contribution in [0.1, 0.15) is 0 Å². The first-order valence-electron chi connectivity index (χ1n) is 16.6. The fraction of sp³-hybridized carbons (Fsp3) is 0. The van der Waals surface area contributed by atoms with Gasteiger partial charge in [-0.15, -0.1) is 11.3 Å². The Morgan fingerprint density at radius 2 is 0.940 bits per heavy atom. The van der Waals surface area contributed by atoms with E-state index in [-0.39, 0.29) is 0 Å². The van der Waals surface area contributed by atoms with E-state index in [2.05, 4.69) is 121 Å². The third-order valence-electron chi connectivity index (χ3n) is 9.37. The van der Waals surface area contributed by atoms with Crippen LogP contribution in [0.3, 0.4) is 0 Å². The summed E-state index contributed by atoms with van der Waals surface area (Å²) in [6.45, 7) is 0. The van der Waals surface area contributed by atoms with Crippen LogP contribution in [0.25, 0.3) is 98.5 Å². The van der Waals surface area contributed by atoms with Crippen molar-refractivity contribution < 1.29 is 4.42 Å². The third kappa shape index (κ3) is 4.79. The molecule has 0 saturated carbocycles. The van der Waals surface area contributed by atoms with Gasteiger partial charge in [-0.1, -0.05) is 133 Å². The summed E-state index contributed by atoms with van der Waals surface area (Å²) in [6, 6.07) is 56.8. The van der Waals surface area contributed by atoms with Gasteiger partial charge >= 0.3 is 0 Å². The molecule has 3 heterocycles. The van der Waals surface area contributed by atoms with E-state index in [1.165, 1.54) is 31.3 Å². The first-order valence-corrected chi connectivity index (χ1v) is 17.4. The molecule has 0 saturated heterocycles. The Hall–Kier alpha value is -6.43. The molecule has 0 bridgehead atoms. The Morgan fingerprint density at radius 1 is 0.380 bits per heavy atom. The number of aromatic nitrogens is 3. The summed E-state index contributed by atoms with van der Waals surface area (Å²) < 4.78 is 9.22. The van der Waals surface area contributed by atoms with E-state index < -0.39 is 0 Å². The molecule has 5 heteroatoms. The third-order valence-corrected chi connectivity index (χ3v) is 10.5. The Balaban J connectivity index is 1.13. The highest BCUT2D eigenvalue weighted by molar-refractivity contribution is 7.25. The number of hydrogen-bond acceptors (Lipinski definition) is 5. The molecule has 7 aromatic carbocycles. The van der Waals surface area contributed by atoms with Crippen LogP contribution in [0, 0.1) is 0 Å². The van der Waals surface area contributed by atoms with Crippen molar-refractivity contribution in [3.05, 3.63) is 164 Å². The van der Waals surface area contributed by atoms with Crippen molar-refractivity contribution in [1.82, 2.24) is 15.0 Å². The Labute approximate surface area is 292 Å². The summed E-state index contributed by atoms with van der Waals surface area (Å²) in [5.41, 5.74) is 8.95. The maximum Gasteiger partial charge on any atom is 0.167 e. The van der Waals surface area contributed by atoms with Crippen LogP contribution in [0.4, 0.5) is 0 Å². The lowest BCUT2D eigenvalue weighted by Gasteiger charge is -2.09. The molecule has 3 aromatic heterocycles. The predicted octanol–water partition coefficient (Wildman–Crippen LogP) is 12.5. The number of furan rings is 1. The lowest BCUT2D eigenvalue weighted by molar-refractivity contribution is 0.669. The zero-order valence-electron chi connectivity index (χ0n) is 26.7. The molecule has 0 unspecified atom stereocenters. The smallest absolute Gasteiger partial charge is 0.167 e. The largest absolute Gasteiger partial charge is 0.455 e. The predicted molar refractivity (Wildman–Crippen MR) is 207 cm³/mol. The number of nitrogens with zero attached hydrogens (tertiary/aromatic N) is 3. The second-order valence-electron chi connectivity index (χ2n) is 12.4. The molecule has 0 N–H and O–H groups in total. The van der Waals surface area contributed by atoms with Crippen molar-refractivity contribution in [1.29, 1.82) is 0 Å². The number of thiophene rings is 1. The van der Waals surface area contributed by atoms with Gasteiger partial charge in [0, 0.05) is 42.1 Å². The fourth-order valence-corrected chi connectivity index (χ4v) is 8.07. The van der Waals surface area contributed by atoms with Crippen LogP contribution >= 0.6 is 11.3 Å². The number of hydrogen-bond donors (Lipinski definition) is 0. The average Bonchev–Trinajstić information content (AvgIpc) is 3.77. The van der Waals surface area contributed by atoms with Crippen LogP contribution in [-0.2, 0) is 0 Å². The molecule has 50 heavy (non-hydrogen) atoms. The van der Waals surface area contributed by atoms with Crippen LogP contribution in [0.2, 0.25) is 0 Å². The van der Waals surface area contributed by atoms with Gasteiger partial charge in [0.25, 0.3) is 0 Å². The number of para-hydroxylation sites is 1. The molecule has 234 valence electrons. The van der Waals surface area contributed by atoms with Crippen molar-refractivity contribution >= 4 is 53.4 Å². The second kappa shape index (κ2) is 11.6. The van der Waals surface area contributed by atoms with Crippen molar-refractivity contribution in [2.45, 2.75) is 0 Å². The zero-order valence-corrected chi connectivity index (χ0v) is 27.6. The first-order chi connectivity index (χ1) is 24.8. The molecule has 0 amide bonds. The molecular formula is C45H27N3OS. The van der Waals surface area contributed by atoms with Crippen LogP contribution in [-0.4, -0.2) is 15.0 Å². The number of fused-ring (bicyclic) bond motifs is 6. The van der Waals surface area contributed by atoms with Crippen molar-refractivity contribution in [3.8, 4) is 56.4 Å². The first kappa shape index (κ1) is 28.6. The summed E-state index contributed by atoms with van der Waals surface area (Å²) >= 11 is 1.84. The molecule has 0 aliphatic carbocycles. The highest BCUT2D eigenvalue weighted by atomic mass is 32.1. The van der Waals surface area contributed by atoms with Crippen LogP contribution in [0.5, 0.6) is 0 Å². The minimum atomic E-state index is 0.570. The summed E-state index contributed by atoms with van der Waals surface area (Å²) in [7, 11) is 0. The van der Waals surface area contributed by atoms with Gasteiger partial charge in [0.1, 0.15) is 11.2 Å². The van der Waals surface area contributed by atoms with Crippen molar-refractivity contribution in [2.75, 3.05) is 0 Å². The van der Waals surface area contributed by atoms with Crippen molar-refractivity contribution in [2.24, 2.45) is 0 Å². The van der Waals surface area contributed by atoms with E-state index in [4.69, 9.17) is 19.4 Å². The highest BCUT2D eigenvalue weighted by Crippen LogP contribution is 2.42. The summed E-state index contributed by atoms with van der Waals surface area (Å²) in [5, 5.41) is 4.67. The quantitative estimate of drug-likeness (QED) is 0.185. The van der Waals surface area contributed by atoms with E-state index in [0.717, 1.165) is 49.8 Å². The van der Waals surface area contributed by atoms with E-state index in [9.17, 15) is 0 Å². The fourth-order valence-electron chi connectivity index (χ4n) is 6.94. The van der Waals surface area contributed by atoms with Gasteiger partial charge in [0.2, 0.25) is 0 Å². The van der Waals surface area contributed by atoms with Crippen molar-refractivity contribution in [3.63, 3.8) is 0 Å². The molecule has 4 nitrogen and oxygen atoms in total. The molecular weight excluding hydrogens is 631 g/mol. The van der Waals surface area contributed by atoms with E-state index in [0.29, 0.717) is 17.5 Å². The zero-order chi connectivity index (χ0) is 33.0. The van der Waals surface area contributed by atoms with Gasteiger partial charge in [-0.3, -0.25) is 0 Å². The topological polar surface area (TPSA) is 51.8 Å². The van der Waals surface area contributed by atoms with Gasteiger partial charge in [0.15, 0.2) is 17.5 Å². The van der Waals surface area contributed by atoms with E-state index >= 15 is 0 Å². The lowest BCUT2D eigenvalue weighted by atomic mass is 9.98. The van der Waals surface area contributed by atoms with Gasteiger partial charge < -0.3 is 4.42 Å². The monoisotopic (exact) mass is 657 g/mol. The standard InChI is InChI=1S/C45H27N3OS/c1-3-11-28(12-4-1)29-21-23-31(24-22-29)44-46-43(30-13-5-2-6-14-30)47-45(48-44)36-18-9-17-34-37-27-32(25-26-38(37)49-42(34)36)33-16-10-20-40-41(33)35-15-7-8-19-39(35)50-40/h1-27H. The summed E-state index contributed by atoms with van der Waals surface area (Å²) in [4.78, 5) is 15.0. The van der Waals surface area contributed by atoms with Gasteiger partial charge in [0.05, 0.1) is 5.56 Å². The maximum atomic E-state index is 6.63. The average molecular weight is 658 g/mol. The molecule has 10 aromatic rings. The van der Waals surface area contributed by atoms with Gasteiger partial charge in [-0.05, 0) is 52.6 Å². The van der Waals surface area contributed by atoms with E-state index in [1.54, 1.807) is 0 Å². The number of benzene rings is 7. The summed E-state index contributed by atoms with van der Waals surface area (Å²) in [6.07, 6.45) is 0. The Kier molecular flexibility index (Phi) is 6.64. The molecule has 0 spiro atoms. The molecule has 0 fully saturated rings. The SMILES string of the molecule is c1ccc(-c2ccc(-c3nc(-c4ccccc4)nc(-c4cccc5c4oc4ccc(-c6cccc7sc8ccccc8c67)cc45)n3)cc2)cc1. The molecule has 0 aliphatic rings. The molecule has 0 aliphatic heterocycles. The minimum Gasteiger partial charge on any atom is -0.455 e. The van der Waals surface area contributed by atoms with Crippen LogP contribution < -0.4 is 0 Å². The Bertz CT molecular complexity index is 2860. The van der Waals surface area contributed by atoms with Gasteiger partial charge in [-0.25, -0.2) is 15.0 Å².